The van der Waals surface area contributed by atoms with Crippen LogP contribution in [0.3, 0.4) is 0 Å². The molecule has 1 aliphatic heterocycles. The second kappa shape index (κ2) is 7.08. The van der Waals surface area contributed by atoms with Gasteiger partial charge in [-0.1, -0.05) is 37.3 Å². The number of ether oxygens (including phenoxy) is 1. The van der Waals surface area contributed by atoms with Gasteiger partial charge in [0.2, 0.25) is 0 Å². The lowest BCUT2D eigenvalue weighted by atomic mass is 10.0. The third-order valence-corrected chi connectivity index (χ3v) is 4.85. The fourth-order valence-electron chi connectivity index (χ4n) is 3.25. The number of benzene rings is 2. The highest BCUT2D eigenvalue weighted by Gasteiger charge is 2.29. The Morgan fingerprint density at radius 3 is 2.75 bits per heavy atom. The van der Waals surface area contributed by atoms with Crippen LogP contribution in [0.2, 0.25) is 0 Å². The zero-order chi connectivity index (χ0) is 17.1. The van der Waals surface area contributed by atoms with Crippen LogP contribution in [0.25, 0.3) is 0 Å². The van der Waals surface area contributed by atoms with Gasteiger partial charge in [0.15, 0.2) is 6.10 Å². The summed E-state index contributed by atoms with van der Waals surface area (Å²) in [5.41, 5.74) is 4.57. The fraction of sp³-hybridized carbons (Fsp3) is 0.381. The quantitative estimate of drug-likeness (QED) is 0.832. The number of hydrogen-bond donors (Lipinski definition) is 0. The van der Waals surface area contributed by atoms with E-state index in [0.717, 1.165) is 36.4 Å². The van der Waals surface area contributed by atoms with Gasteiger partial charge in [0, 0.05) is 12.2 Å². The summed E-state index contributed by atoms with van der Waals surface area (Å²) in [5.74, 6) is 0.867. The Morgan fingerprint density at radius 2 is 1.96 bits per heavy atom. The molecule has 0 fully saturated rings. The first-order chi connectivity index (χ1) is 11.6. The molecule has 0 saturated carbocycles. The van der Waals surface area contributed by atoms with Crippen LogP contribution in [0.4, 0.5) is 5.69 Å². The maximum absolute atomic E-state index is 13.1. The topological polar surface area (TPSA) is 29.5 Å². The average Bonchev–Trinajstić information content (AvgIpc) is 2.62. The molecule has 0 spiro atoms. The van der Waals surface area contributed by atoms with Gasteiger partial charge in [0.1, 0.15) is 5.75 Å². The van der Waals surface area contributed by atoms with Crippen LogP contribution in [0, 0.1) is 13.8 Å². The molecule has 0 aliphatic carbocycles. The molecule has 126 valence electrons. The first-order valence-corrected chi connectivity index (χ1v) is 8.74. The summed E-state index contributed by atoms with van der Waals surface area (Å²) >= 11 is 0. The van der Waals surface area contributed by atoms with Crippen molar-refractivity contribution in [1.82, 2.24) is 0 Å². The lowest BCUT2D eigenvalue weighted by Gasteiger charge is -2.32. The zero-order valence-corrected chi connectivity index (χ0v) is 14.7. The highest BCUT2D eigenvalue weighted by molar-refractivity contribution is 5.97. The van der Waals surface area contributed by atoms with E-state index in [2.05, 4.69) is 19.1 Å². The Morgan fingerprint density at radius 1 is 1.17 bits per heavy atom. The van der Waals surface area contributed by atoms with Gasteiger partial charge in [-0.2, -0.15) is 0 Å². The Labute approximate surface area is 144 Å². The maximum Gasteiger partial charge on any atom is 0.268 e. The van der Waals surface area contributed by atoms with Crippen molar-refractivity contribution in [3.8, 4) is 5.75 Å². The van der Waals surface area contributed by atoms with E-state index in [-0.39, 0.29) is 5.91 Å². The van der Waals surface area contributed by atoms with E-state index < -0.39 is 6.10 Å². The molecule has 2 aromatic carbocycles. The van der Waals surface area contributed by atoms with Gasteiger partial charge in [-0.3, -0.25) is 4.79 Å². The molecular formula is C21H25NO2. The maximum atomic E-state index is 13.1. The van der Waals surface area contributed by atoms with Gasteiger partial charge in [-0.25, -0.2) is 0 Å². The summed E-state index contributed by atoms with van der Waals surface area (Å²) in [6.45, 7) is 6.87. The number of rotatable bonds is 4. The predicted octanol–water partition coefficient (Wildman–Crippen LogP) is 4.44. The molecule has 3 heteroatoms. The Balaban J connectivity index is 1.84. The van der Waals surface area contributed by atoms with Gasteiger partial charge in [-0.05, 0) is 61.9 Å². The molecule has 0 N–H and O–H groups in total. The fourth-order valence-corrected chi connectivity index (χ4v) is 3.25. The van der Waals surface area contributed by atoms with Crippen LogP contribution < -0.4 is 9.64 Å². The molecule has 0 bridgehead atoms. The van der Waals surface area contributed by atoms with Crippen molar-refractivity contribution < 1.29 is 9.53 Å². The van der Waals surface area contributed by atoms with Gasteiger partial charge in [0.05, 0.1) is 0 Å². The molecule has 1 atom stereocenters. The largest absolute Gasteiger partial charge is 0.480 e. The van der Waals surface area contributed by atoms with Crippen LogP contribution in [-0.2, 0) is 11.2 Å². The molecule has 0 radical (unpaired) electrons. The zero-order valence-electron chi connectivity index (χ0n) is 14.7. The summed E-state index contributed by atoms with van der Waals surface area (Å²) in [4.78, 5) is 15.0. The number of carbonyl (C=O) groups excluding carboxylic acids is 1. The standard InChI is InChI=1S/C21H25NO2/c1-4-19(24-20-13-7-9-15(2)16(20)3)21(23)22-14-8-11-17-10-5-6-12-18(17)22/h5-7,9-10,12-13,19H,4,8,11,14H2,1-3H3/t19-/m0/s1. The number of hydrogen-bond acceptors (Lipinski definition) is 2. The first kappa shape index (κ1) is 16.6. The van der Waals surface area contributed by atoms with Crippen molar-refractivity contribution in [3.05, 3.63) is 59.2 Å². The van der Waals surface area contributed by atoms with E-state index in [4.69, 9.17) is 4.74 Å². The summed E-state index contributed by atoms with van der Waals surface area (Å²) in [6.07, 6.45) is 2.25. The monoisotopic (exact) mass is 323 g/mol. The van der Waals surface area contributed by atoms with E-state index in [1.54, 1.807) is 0 Å². The van der Waals surface area contributed by atoms with Gasteiger partial charge in [-0.15, -0.1) is 0 Å². The third kappa shape index (κ3) is 3.16. The molecule has 1 heterocycles. The number of carbonyl (C=O) groups is 1. The highest BCUT2D eigenvalue weighted by atomic mass is 16.5. The van der Waals surface area contributed by atoms with Crippen molar-refractivity contribution in [1.29, 1.82) is 0 Å². The molecule has 0 aromatic heterocycles. The lowest BCUT2D eigenvalue weighted by Crippen LogP contribution is -2.44. The molecule has 24 heavy (non-hydrogen) atoms. The van der Waals surface area contributed by atoms with Crippen molar-refractivity contribution in [2.45, 2.75) is 46.1 Å². The summed E-state index contributed by atoms with van der Waals surface area (Å²) in [5, 5.41) is 0. The molecule has 0 saturated heterocycles. The molecule has 3 rings (SSSR count). The van der Waals surface area contributed by atoms with Crippen molar-refractivity contribution in [2.24, 2.45) is 0 Å². The molecular weight excluding hydrogens is 298 g/mol. The van der Waals surface area contributed by atoms with Gasteiger partial charge < -0.3 is 9.64 Å². The number of anilines is 1. The van der Waals surface area contributed by atoms with Crippen LogP contribution in [0.1, 0.15) is 36.5 Å². The molecule has 3 nitrogen and oxygen atoms in total. The molecule has 0 unspecified atom stereocenters. The summed E-state index contributed by atoms with van der Waals surface area (Å²) in [7, 11) is 0. The van der Waals surface area contributed by atoms with Crippen LogP contribution in [-0.4, -0.2) is 18.6 Å². The van der Waals surface area contributed by atoms with Crippen molar-refractivity contribution in [2.75, 3.05) is 11.4 Å². The number of para-hydroxylation sites is 1. The van der Waals surface area contributed by atoms with E-state index in [0.29, 0.717) is 6.42 Å². The second-order valence-corrected chi connectivity index (χ2v) is 6.43. The van der Waals surface area contributed by atoms with E-state index in [1.165, 1.54) is 11.1 Å². The van der Waals surface area contributed by atoms with E-state index >= 15 is 0 Å². The number of aryl methyl sites for hydroxylation is 2. The number of fused-ring (bicyclic) bond motifs is 1. The summed E-state index contributed by atoms with van der Waals surface area (Å²) < 4.78 is 6.11. The van der Waals surface area contributed by atoms with Crippen LogP contribution >= 0.6 is 0 Å². The van der Waals surface area contributed by atoms with Crippen LogP contribution in [0.15, 0.2) is 42.5 Å². The minimum Gasteiger partial charge on any atom is -0.480 e. The predicted molar refractivity (Wildman–Crippen MR) is 97.7 cm³/mol. The normalized spacial score (nSPS) is 14.9. The van der Waals surface area contributed by atoms with Crippen LogP contribution in [0.5, 0.6) is 5.75 Å². The third-order valence-electron chi connectivity index (χ3n) is 4.85. The smallest absolute Gasteiger partial charge is 0.268 e. The number of nitrogens with zero attached hydrogens (tertiary/aromatic N) is 1. The molecule has 1 aliphatic rings. The average molecular weight is 323 g/mol. The SMILES string of the molecule is CC[C@H](Oc1cccc(C)c1C)C(=O)N1CCCc2ccccc21. The Hall–Kier alpha value is -2.29. The minimum absolute atomic E-state index is 0.0607. The Bertz CT molecular complexity index is 738. The van der Waals surface area contributed by atoms with Gasteiger partial charge >= 0.3 is 0 Å². The first-order valence-electron chi connectivity index (χ1n) is 8.74. The summed E-state index contributed by atoms with van der Waals surface area (Å²) in [6, 6.07) is 14.2. The highest BCUT2D eigenvalue weighted by Crippen LogP contribution is 2.29. The molecule has 1 amide bonds. The van der Waals surface area contributed by atoms with E-state index in [9.17, 15) is 4.79 Å². The van der Waals surface area contributed by atoms with E-state index in [1.807, 2.05) is 49.1 Å². The lowest BCUT2D eigenvalue weighted by molar-refractivity contribution is -0.125. The van der Waals surface area contributed by atoms with Crippen molar-refractivity contribution >= 4 is 11.6 Å². The van der Waals surface area contributed by atoms with Crippen molar-refractivity contribution in [3.63, 3.8) is 0 Å². The Kier molecular flexibility index (Phi) is 4.89. The second-order valence-electron chi connectivity index (χ2n) is 6.43. The van der Waals surface area contributed by atoms with Gasteiger partial charge in [0.25, 0.3) is 5.91 Å². The minimum atomic E-state index is -0.448. The molecule has 2 aromatic rings. The number of amides is 1.